The lowest BCUT2D eigenvalue weighted by Crippen LogP contribution is -2.18. The Kier molecular flexibility index (Phi) is 1.54. The summed E-state index contributed by atoms with van der Waals surface area (Å²) in [6, 6.07) is 0. The average molecular weight is 184 g/mol. The Morgan fingerprint density at radius 2 is 2.25 bits per heavy atom. The molecule has 0 spiro atoms. The van der Waals surface area contributed by atoms with Crippen molar-refractivity contribution >= 4 is 23.3 Å². The van der Waals surface area contributed by atoms with Crippen molar-refractivity contribution in [3.63, 3.8) is 0 Å². The van der Waals surface area contributed by atoms with E-state index in [-0.39, 0.29) is 11.7 Å². The quantitative estimate of drug-likeness (QED) is 0.563. The number of carbonyl (C=O) groups excluding carboxylic acids is 2. The molecule has 3 nitrogen and oxygen atoms in total. The van der Waals surface area contributed by atoms with Gasteiger partial charge in [-0.3, -0.25) is 9.59 Å². The second-order valence-corrected chi connectivity index (χ2v) is 3.23. The molecule has 1 fully saturated rings. The van der Waals surface area contributed by atoms with Gasteiger partial charge in [-0.25, -0.2) is 0 Å². The molecular weight excluding hydrogens is 178 g/mol. The minimum Gasteiger partial charge on any atom is -0.322 e. The van der Waals surface area contributed by atoms with Gasteiger partial charge in [-0.05, 0) is 12.5 Å². The van der Waals surface area contributed by atoms with Gasteiger partial charge in [0.05, 0.1) is 5.92 Å². The SMILES string of the molecule is O=C1NC2=CC(Cl)=CCC2C1=O. The fourth-order valence-corrected chi connectivity index (χ4v) is 1.59. The third kappa shape index (κ3) is 0.975. The van der Waals surface area contributed by atoms with E-state index in [9.17, 15) is 9.59 Å². The monoisotopic (exact) mass is 183 g/mol. The van der Waals surface area contributed by atoms with Crippen LogP contribution in [-0.4, -0.2) is 11.7 Å². The van der Waals surface area contributed by atoms with Gasteiger partial charge in [0.25, 0.3) is 5.91 Å². The van der Waals surface area contributed by atoms with Gasteiger partial charge in [0, 0.05) is 10.7 Å². The van der Waals surface area contributed by atoms with E-state index in [0.29, 0.717) is 17.2 Å². The molecule has 0 aromatic rings. The van der Waals surface area contributed by atoms with Crippen molar-refractivity contribution < 1.29 is 9.59 Å². The molecule has 0 aromatic carbocycles. The maximum absolute atomic E-state index is 11.1. The maximum Gasteiger partial charge on any atom is 0.292 e. The normalized spacial score (nSPS) is 27.6. The number of halogens is 1. The summed E-state index contributed by atoms with van der Waals surface area (Å²) in [5, 5.41) is 3.06. The number of carbonyl (C=O) groups is 2. The van der Waals surface area contributed by atoms with Crippen LogP contribution in [0.1, 0.15) is 6.42 Å². The van der Waals surface area contributed by atoms with Gasteiger partial charge < -0.3 is 5.32 Å². The number of ketones is 1. The zero-order valence-corrected chi connectivity index (χ0v) is 6.89. The van der Waals surface area contributed by atoms with Gasteiger partial charge in [-0.2, -0.15) is 0 Å². The van der Waals surface area contributed by atoms with E-state index < -0.39 is 5.91 Å². The predicted molar refractivity (Wildman–Crippen MR) is 43.3 cm³/mol. The minimum absolute atomic E-state index is 0.306. The molecule has 1 saturated heterocycles. The Balaban J connectivity index is 2.36. The average Bonchev–Trinajstić information content (AvgIpc) is 2.28. The molecule has 2 rings (SSSR count). The number of nitrogens with one attached hydrogen (secondary N) is 1. The molecule has 1 aliphatic carbocycles. The molecule has 62 valence electrons. The molecule has 0 saturated carbocycles. The summed E-state index contributed by atoms with van der Waals surface area (Å²) in [5.74, 6) is -1.19. The van der Waals surface area contributed by atoms with Crippen molar-refractivity contribution in [2.75, 3.05) is 0 Å². The number of fused-ring (bicyclic) bond motifs is 1. The highest BCUT2D eigenvalue weighted by molar-refractivity contribution is 6.41. The van der Waals surface area contributed by atoms with Crippen LogP contribution in [-0.2, 0) is 9.59 Å². The standard InChI is InChI=1S/C8H6ClNO2/c9-4-1-2-5-6(3-4)10-8(12)7(5)11/h1,3,5H,2H2,(H,10,12). The number of rotatable bonds is 0. The summed E-state index contributed by atoms with van der Waals surface area (Å²) in [5.41, 5.74) is 0.637. The number of allylic oxidation sites excluding steroid dienone is 4. The molecule has 1 amide bonds. The lowest BCUT2D eigenvalue weighted by molar-refractivity contribution is -0.136. The van der Waals surface area contributed by atoms with E-state index in [1.165, 1.54) is 0 Å². The van der Waals surface area contributed by atoms with Gasteiger partial charge >= 0.3 is 0 Å². The topological polar surface area (TPSA) is 46.2 Å². The predicted octanol–water partition coefficient (Wildman–Crippen LogP) is 0.712. The Morgan fingerprint density at radius 3 is 3.00 bits per heavy atom. The van der Waals surface area contributed by atoms with Crippen molar-refractivity contribution in [3.8, 4) is 0 Å². The van der Waals surface area contributed by atoms with E-state index >= 15 is 0 Å². The summed E-state index contributed by atoms with van der Waals surface area (Å²) in [7, 11) is 0. The number of Topliss-reactive ketones (excluding diaryl/α,β-unsaturated/α-hetero) is 1. The zero-order chi connectivity index (χ0) is 8.72. The lowest BCUT2D eigenvalue weighted by atomic mass is 9.96. The molecule has 0 aromatic heterocycles. The zero-order valence-electron chi connectivity index (χ0n) is 6.13. The van der Waals surface area contributed by atoms with E-state index in [1.54, 1.807) is 12.2 Å². The Bertz CT molecular complexity index is 330. The van der Waals surface area contributed by atoms with Crippen LogP contribution < -0.4 is 5.32 Å². The first-order valence-electron chi connectivity index (χ1n) is 3.61. The molecular formula is C8H6ClNO2. The first kappa shape index (κ1) is 7.55. The van der Waals surface area contributed by atoms with Gasteiger partial charge in [-0.1, -0.05) is 17.7 Å². The van der Waals surface area contributed by atoms with Crippen molar-refractivity contribution in [2.45, 2.75) is 6.42 Å². The summed E-state index contributed by atoms with van der Waals surface area (Å²) >= 11 is 5.70. The van der Waals surface area contributed by atoms with Crippen molar-refractivity contribution in [1.82, 2.24) is 5.32 Å². The van der Waals surface area contributed by atoms with Gasteiger partial charge in [0.15, 0.2) is 0 Å². The van der Waals surface area contributed by atoms with Gasteiger partial charge in [-0.15, -0.1) is 0 Å². The molecule has 12 heavy (non-hydrogen) atoms. The summed E-state index contributed by atoms with van der Waals surface area (Å²) < 4.78 is 0. The largest absolute Gasteiger partial charge is 0.322 e. The van der Waals surface area contributed by atoms with Crippen LogP contribution in [0.2, 0.25) is 0 Å². The Hall–Kier alpha value is -1.09. The number of amides is 1. The molecule has 0 bridgehead atoms. The Labute approximate surface area is 74.1 Å². The summed E-state index contributed by atoms with van der Waals surface area (Å²) in [6.07, 6.45) is 3.90. The Morgan fingerprint density at radius 1 is 1.50 bits per heavy atom. The van der Waals surface area contributed by atoms with Crippen LogP contribution >= 0.6 is 11.6 Å². The molecule has 0 radical (unpaired) electrons. The van der Waals surface area contributed by atoms with E-state index in [1.807, 2.05) is 0 Å². The van der Waals surface area contributed by atoms with Gasteiger partial charge in [0.1, 0.15) is 0 Å². The second kappa shape index (κ2) is 2.45. The number of hydrogen-bond acceptors (Lipinski definition) is 2. The second-order valence-electron chi connectivity index (χ2n) is 2.80. The fraction of sp³-hybridized carbons (Fsp3) is 0.250. The number of hydrogen-bond donors (Lipinski definition) is 1. The van der Waals surface area contributed by atoms with E-state index in [2.05, 4.69) is 5.32 Å². The highest BCUT2D eigenvalue weighted by atomic mass is 35.5. The molecule has 1 atom stereocenters. The smallest absolute Gasteiger partial charge is 0.292 e. The molecule has 2 aliphatic rings. The van der Waals surface area contributed by atoms with Crippen molar-refractivity contribution in [1.29, 1.82) is 0 Å². The van der Waals surface area contributed by atoms with Crippen LogP contribution in [0.4, 0.5) is 0 Å². The summed E-state index contributed by atoms with van der Waals surface area (Å²) in [4.78, 5) is 22.0. The van der Waals surface area contributed by atoms with Crippen LogP contribution in [0.5, 0.6) is 0 Å². The molecule has 1 unspecified atom stereocenters. The van der Waals surface area contributed by atoms with Crippen LogP contribution in [0.25, 0.3) is 0 Å². The van der Waals surface area contributed by atoms with Crippen molar-refractivity contribution in [3.05, 3.63) is 22.9 Å². The maximum atomic E-state index is 11.1. The third-order valence-corrected chi connectivity index (χ3v) is 2.28. The van der Waals surface area contributed by atoms with E-state index in [4.69, 9.17) is 11.6 Å². The third-order valence-electron chi connectivity index (χ3n) is 2.02. The molecule has 1 aliphatic heterocycles. The molecule has 1 N–H and O–H groups in total. The van der Waals surface area contributed by atoms with Crippen LogP contribution in [0, 0.1) is 5.92 Å². The highest BCUT2D eigenvalue weighted by Crippen LogP contribution is 2.28. The first-order chi connectivity index (χ1) is 5.68. The lowest BCUT2D eigenvalue weighted by Gasteiger charge is -2.10. The molecule has 1 heterocycles. The first-order valence-corrected chi connectivity index (χ1v) is 3.99. The molecule has 4 heteroatoms. The van der Waals surface area contributed by atoms with Crippen LogP contribution in [0.3, 0.4) is 0 Å². The highest BCUT2D eigenvalue weighted by Gasteiger charge is 2.37. The van der Waals surface area contributed by atoms with E-state index in [0.717, 1.165) is 0 Å². The fourth-order valence-electron chi connectivity index (χ4n) is 1.39. The minimum atomic E-state index is -0.522. The van der Waals surface area contributed by atoms with Crippen LogP contribution in [0.15, 0.2) is 22.9 Å². The van der Waals surface area contributed by atoms with Crippen molar-refractivity contribution in [2.24, 2.45) is 5.92 Å². The van der Waals surface area contributed by atoms with Gasteiger partial charge in [0.2, 0.25) is 5.78 Å². The summed E-state index contributed by atoms with van der Waals surface area (Å²) in [6.45, 7) is 0.